The minimum absolute atomic E-state index is 0.0341. The van der Waals surface area contributed by atoms with Gasteiger partial charge in [-0.25, -0.2) is 0 Å². The van der Waals surface area contributed by atoms with E-state index >= 15 is 0 Å². The molecule has 0 aliphatic heterocycles. The van der Waals surface area contributed by atoms with Crippen LogP contribution < -0.4 is 0 Å². The molecule has 0 aliphatic carbocycles. The van der Waals surface area contributed by atoms with Crippen LogP contribution in [-0.2, 0) is 5.41 Å². The van der Waals surface area contributed by atoms with Crippen molar-refractivity contribution in [3.8, 4) is 22.3 Å². The van der Waals surface area contributed by atoms with Gasteiger partial charge in [0.15, 0.2) is 0 Å². The Kier molecular flexibility index (Phi) is 5.73. The normalized spacial score (nSPS) is 12.9. The third-order valence-corrected chi connectivity index (χ3v) is 13.1. The molecule has 0 amide bonds. The van der Waals surface area contributed by atoms with Crippen molar-refractivity contribution in [2.45, 2.75) is 26.2 Å². The van der Waals surface area contributed by atoms with Gasteiger partial charge in [-0.3, -0.25) is 0 Å². The van der Waals surface area contributed by atoms with E-state index in [9.17, 15) is 0 Å². The first-order valence-electron chi connectivity index (χ1n) is 19.9. The number of rotatable bonds is 2. The maximum absolute atomic E-state index is 2.55. The predicted octanol–water partition coefficient (Wildman–Crippen LogP) is 16.2. The summed E-state index contributed by atoms with van der Waals surface area (Å²) in [5, 5.41) is 26.7. The van der Waals surface area contributed by atoms with E-state index < -0.39 is 0 Å². The molecule has 0 fully saturated rings. The molecule has 0 atom stereocenters. The number of hydrogen-bond acceptors (Lipinski definition) is 0. The van der Waals surface area contributed by atoms with Gasteiger partial charge in [-0.1, -0.05) is 160 Å². The second kappa shape index (κ2) is 10.5. The molecule has 0 heteroatoms. The first kappa shape index (κ1) is 30.6. The van der Waals surface area contributed by atoms with Crippen molar-refractivity contribution in [3.05, 3.63) is 169 Å². The summed E-state index contributed by atoms with van der Waals surface area (Å²) in [6.45, 7) is 6.99. The molecule has 0 nitrogen and oxygen atoms in total. The summed E-state index contributed by atoms with van der Waals surface area (Å²) in [4.78, 5) is 0. The maximum atomic E-state index is 2.55. The second-order valence-corrected chi connectivity index (χ2v) is 17.2. The van der Waals surface area contributed by atoms with Gasteiger partial charge in [0, 0.05) is 0 Å². The summed E-state index contributed by atoms with van der Waals surface area (Å²) in [5.41, 5.74) is 6.56. The van der Waals surface area contributed by atoms with Crippen molar-refractivity contribution in [3.63, 3.8) is 0 Å². The van der Waals surface area contributed by atoms with Crippen molar-refractivity contribution in [2.24, 2.45) is 0 Å². The van der Waals surface area contributed by atoms with Crippen LogP contribution in [0, 0.1) is 0 Å². The smallest absolute Gasteiger partial charge is 0.000719 e. The van der Waals surface area contributed by atoms with Crippen molar-refractivity contribution in [2.75, 3.05) is 0 Å². The van der Waals surface area contributed by atoms with Gasteiger partial charge in [0.25, 0.3) is 0 Å². The predicted molar refractivity (Wildman–Crippen MR) is 245 cm³/mol. The third kappa shape index (κ3) is 3.84. The van der Waals surface area contributed by atoms with E-state index in [1.165, 1.54) is 136 Å². The first-order chi connectivity index (χ1) is 27.4. The SMILES string of the molecule is CC(C)(C)c1cc2ccc3ccc4c5c(-c6ccccc6)c6cc7c(cc6c(-c6ccccc6)c5c5cc(c1)c2c3c45)c1cccc2c3ccccc3cc7c21. The standard InChI is InChI=1S/C56H36/c1-56(2,3)37-25-35-22-21-33-23-24-41-53-47(28-36(26-37)48(35)51(33)53)55-50(32-15-8-5-9-16-32)45-29-42-40-20-12-19-39-38-18-11-10-17-34(38)27-44(52(39)40)43(42)30-46(45)49(54(41)55)31-13-6-4-7-14-31/h4-30H,1-3H3. The number of benzene rings is 11. The molecule has 0 saturated heterocycles. The van der Waals surface area contributed by atoms with E-state index in [1.54, 1.807) is 0 Å². The van der Waals surface area contributed by atoms with Crippen molar-refractivity contribution in [1.29, 1.82) is 0 Å². The molecular formula is C56H36. The van der Waals surface area contributed by atoms with Gasteiger partial charge >= 0.3 is 0 Å². The van der Waals surface area contributed by atoms with Crippen LogP contribution >= 0.6 is 0 Å². The van der Waals surface area contributed by atoms with Crippen LogP contribution in [0.5, 0.6) is 0 Å². The number of hydrogen-bond donors (Lipinski definition) is 0. The van der Waals surface area contributed by atoms with Gasteiger partial charge in [-0.05, 0) is 165 Å². The Balaban J connectivity index is 1.33. The van der Waals surface area contributed by atoms with E-state index in [4.69, 9.17) is 0 Å². The van der Waals surface area contributed by atoms with Crippen LogP contribution in [-0.4, -0.2) is 0 Å². The lowest BCUT2D eigenvalue weighted by Gasteiger charge is -2.21. The largest absolute Gasteiger partial charge is 0.0622 e. The molecule has 0 N–H and O–H groups in total. The topological polar surface area (TPSA) is 0 Å². The average Bonchev–Trinajstić information content (AvgIpc) is 3.72. The Bertz CT molecular complexity index is 3750. The summed E-state index contributed by atoms with van der Waals surface area (Å²) < 4.78 is 0. The lowest BCUT2D eigenvalue weighted by atomic mass is 9.83. The van der Waals surface area contributed by atoms with Crippen molar-refractivity contribution >= 4 is 108 Å². The highest BCUT2D eigenvalue weighted by Gasteiger charge is 2.27. The Morgan fingerprint density at radius 2 is 0.821 bits per heavy atom. The summed E-state index contributed by atoms with van der Waals surface area (Å²) in [6, 6.07) is 62.6. The minimum atomic E-state index is 0.0341. The van der Waals surface area contributed by atoms with E-state index in [2.05, 4.69) is 185 Å². The fourth-order valence-corrected chi connectivity index (χ4v) is 10.7. The minimum Gasteiger partial charge on any atom is -0.0622 e. The highest BCUT2D eigenvalue weighted by Crippen LogP contribution is 2.55. The van der Waals surface area contributed by atoms with E-state index in [0.717, 1.165) is 0 Å². The molecule has 0 unspecified atom stereocenters. The molecule has 0 saturated carbocycles. The molecule has 0 heterocycles. The number of fused-ring (bicyclic) bond motifs is 9. The van der Waals surface area contributed by atoms with Crippen LogP contribution in [0.2, 0.25) is 0 Å². The zero-order valence-electron chi connectivity index (χ0n) is 31.6. The first-order valence-corrected chi connectivity index (χ1v) is 19.9. The molecule has 56 heavy (non-hydrogen) atoms. The van der Waals surface area contributed by atoms with Gasteiger partial charge in [0.1, 0.15) is 0 Å². The van der Waals surface area contributed by atoms with Crippen LogP contribution in [0.4, 0.5) is 0 Å². The molecule has 13 aromatic rings. The molecule has 13 rings (SSSR count). The highest BCUT2D eigenvalue weighted by atomic mass is 14.3. The summed E-state index contributed by atoms with van der Waals surface area (Å²) in [7, 11) is 0. The van der Waals surface area contributed by atoms with Gasteiger partial charge in [-0.15, -0.1) is 0 Å². The Morgan fingerprint density at radius 3 is 1.54 bits per heavy atom. The zero-order valence-corrected chi connectivity index (χ0v) is 31.6. The maximum Gasteiger partial charge on any atom is -0.000719 e. The summed E-state index contributed by atoms with van der Waals surface area (Å²) >= 11 is 0. The van der Waals surface area contributed by atoms with Crippen LogP contribution in [0.3, 0.4) is 0 Å². The van der Waals surface area contributed by atoms with Crippen LogP contribution in [0.1, 0.15) is 26.3 Å². The van der Waals surface area contributed by atoms with Crippen LogP contribution in [0.15, 0.2) is 164 Å². The van der Waals surface area contributed by atoms with Crippen molar-refractivity contribution in [1.82, 2.24) is 0 Å². The van der Waals surface area contributed by atoms with E-state index in [-0.39, 0.29) is 5.41 Å². The molecular weight excluding hydrogens is 673 g/mol. The van der Waals surface area contributed by atoms with Gasteiger partial charge in [0.2, 0.25) is 0 Å². The molecule has 0 aromatic heterocycles. The van der Waals surface area contributed by atoms with E-state index in [0.29, 0.717) is 0 Å². The zero-order chi connectivity index (χ0) is 37.0. The van der Waals surface area contributed by atoms with Gasteiger partial charge < -0.3 is 0 Å². The van der Waals surface area contributed by atoms with Gasteiger partial charge in [0.05, 0.1) is 0 Å². The highest BCUT2D eigenvalue weighted by molar-refractivity contribution is 6.46. The second-order valence-electron chi connectivity index (χ2n) is 17.2. The monoisotopic (exact) mass is 708 g/mol. The fourth-order valence-electron chi connectivity index (χ4n) is 10.7. The summed E-state index contributed by atoms with van der Waals surface area (Å²) in [5.74, 6) is 0. The van der Waals surface area contributed by atoms with Crippen molar-refractivity contribution < 1.29 is 0 Å². The molecule has 0 bridgehead atoms. The third-order valence-electron chi connectivity index (χ3n) is 13.1. The molecule has 0 spiro atoms. The lowest BCUT2D eigenvalue weighted by molar-refractivity contribution is 0.591. The molecule has 0 radical (unpaired) electrons. The van der Waals surface area contributed by atoms with Gasteiger partial charge in [-0.2, -0.15) is 0 Å². The quantitative estimate of drug-likeness (QED) is 0.157. The molecule has 0 aliphatic rings. The average molecular weight is 709 g/mol. The van der Waals surface area contributed by atoms with Crippen LogP contribution in [0.25, 0.3) is 130 Å². The molecule has 13 aromatic carbocycles. The fraction of sp³-hybridized carbons (Fsp3) is 0.0714. The van der Waals surface area contributed by atoms with E-state index in [1.807, 2.05) is 0 Å². The Morgan fingerprint density at radius 1 is 0.268 bits per heavy atom. The Labute approximate surface area is 324 Å². The lowest BCUT2D eigenvalue weighted by Crippen LogP contribution is -2.10. The molecule has 260 valence electrons. The Hall–Kier alpha value is -6.76. The summed E-state index contributed by atoms with van der Waals surface area (Å²) in [6.07, 6.45) is 0.